The number of carboxylic acid groups (broad SMARTS) is 2. The third-order valence-electron chi connectivity index (χ3n) is 5.13. The van der Waals surface area contributed by atoms with Gasteiger partial charge in [-0.1, -0.05) is 72.6 Å². The molecule has 0 bridgehead atoms. The lowest BCUT2D eigenvalue weighted by Gasteiger charge is -2.33. The first-order valence-corrected chi connectivity index (χ1v) is 9.94. The predicted octanol–water partition coefficient (Wildman–Crippen LogP) is 5.12. The van der Waals surface area contributed by atoms with Gasteiger partial charge < -0.3 is 14.9 Å². The van der Waals surface area contributed by atoms with Gasteiger partial charge in [-0.25, -0.2) is 4.79 Å². The second-order valence-electron chi connectivity index (χ2n) is 7.22. The van der Waals surface area contributed by atoms with Crippen LogP contribution in [0.25, 0.3) is 0 Å². The molecule has 2 N–H and O–H groups in total. The first kappa shape index (κ1) is 23.9. The molecule has 25 heavy (non-hydrogen) atoms. The van der Waals surface area contributed by atoms with Crippen LogP contribution < -0.4 is 0 Å². The highest BCUT2D eigenvalue weighted by Gasteiger charge is 2.43. The van der Waals surface area contributed by atoms with E-state index in [1.165, 1.54) is 0 Å². The van der Waals surface area contributed by atoms with Crippen molar-refractivity contribution in [3.05, 3.63) is 0 Å². The van der Waals surface area contributed by atoms with Crippen LogP contribution in [-0.4, -0.2) is 34.4 Å². The summed E-state index contributed by atoms with van der Waals surface area (Å²) in [4.78, 5) is 23.4. The van der Waals surface area contributed by atoms with Gasteiger partial charge in [-0.3, -0.25) is 4.79 Å². The standard InChI is InChI=1S/C20H38O5/c1-5-9-11-16(7-3)13-20(19(23)24,14-18(21)22)25-15-17(8-4)12-10-6-2/h16-17H,5-15H2,1-4H3,(H,21,22)(H,23,24). The first-order chi connectivity index (χ1) is 11.8. The van der Waals surface area contributed by atoms with Crippen molar-refractivity contribution in [3.63, 3.8) is 0 Å². The Bertz CT molecular complexity index is 382. The summed E-state index contributed by atoms with van der Waals surface area (Å²) in [5.74, 6) is -1.81. The van der Waals surface area contributed by atoms with Crippen LogP contribution in [0.1, 0.15) is 91.9 Å². The van der Waals surface area contributed by atoms with Crippen LogP contribution in [0.15, 0.2) is 0 Å². The maximum absolute atomic E-state index is 12.0. The van der Waals surface area contributed by atoms with E-state index in [1.807, 2.05) is 6.92 Å². The molecule has 0 aliphatic heterocycles. The highest BCUT2D eigenvalue weighted by atomic mass is 16.5. The molecule has 0 aromatic rings. The highest BCUT2D eigenvalue weighted by Crippen LogP contribution is 2.32. The minimum atomic E-state index is -1.61. The summed E-state index contributed by atoms with van der Waals surface area (Å²) in [5.41, 5.74) is -1.61. The third-order valence-corrected chi connectivity index (χ3v) is 5.13. The zero-order chi connectivity index (χ0) is 19.3. The molecule has 0 fully saturated rings. The van der Waals surface area contributed by atoms with Gasteiger partial charge in [0.15, 0.2) is 5.60 Å². The van der Waals surface area contributed by atoms with E-state index in [4.69, 9.17) is 4.74 Å². The van der Waals surface area contributed by atoms with Gasteiger partial charge in [0, 0.05) is 0 Å². The molecule has 3 unspecified atom stereocenters. The van der Waals surface area contributed by atoms with Crippen LogP contribution in [0.2, 0.25) is 0 Å². The van der Waals surface area contributed by atoms with E-state index in [9.17, 15) is 19.8 Å². The summed E-state index contributed by atoms with van der Waals surface area (Å²) in [6, 6.07) is 0. The lowest BCUT2D eigenvalue weighted by atomic mass is 9.83. The Morgan fingerprint density at radius 1 is 0.920 bits per heavy atom. The van der Waals surface area contributed by atoms with Gasteiger partial charge in [0.25, 0.3) is 0 Å². The summed E-state index contributed by atoms with van der Waals surface area (Å²) in [7, 11) is 0. The van der Waals surface area contributed by atoms with Gasteiger partial charge in [-0.05, 0) is 24.7 Å². The summed E-state index contributed by atoms with van der Waals surface area (Å²) in [5, 5.41) is 19.1. The molecule has 5 heteroatoms. The normalized spacial score (nSPS) is 16.2. The smallest absolute Gasteiger partial charge is 0.336 e. The van der Waals surface area contributed by atoms with Crippen molar-refractivity contribution in [2.24, 2.45) is 11.8 Å². The van der Waals surface area contributed by atoms with Crippen molar-refractivity contribution in [1.82, 2.24) is 0 Å². The van der Waals surface area contributed by atoms with Gasteiger partial charge >= 0.3 is 11.9 Å². The fourth-order valence-electron chi connectivity index (χ4n) is 3.24. The second kappa shape index (κ2) is 13.2. The average molecular weight is 359 g/mol. The number of ether oxygens (including phenoxy) is 1. The minimum Gasteiger partial charge on any atom is -0.481 e. The first-order valence-electron chi connectivity index (χ1n) is 9.94. The number of hydrogen-bond acceptors (Lipinski definition) is 3. The van der Waals surface area contributed by atoms with Crippen molar-refractivity contribution in [3.8, 4) is 0 Å². The van der Waals surface area contributed by atoms with E-state index in [2.05, 4.69) is 20.8 Å². The lowest BCUT2D eigenvalue weighted by molar-refractivity contribution is -0.178. The molecule has 148 valence electrons. The number of aliphatic carboxylic acids is 2. The van der Waals surface area contributed by atoms with Crippen LogP contribution in [0.4, 0.5) is 0 Å². The van der Waals surface area contributed by atoms with E-state index >= 15 is 0 Å². The Morgan fingerprint density at radius 3 is 1.84 bits per heavy atom. The monoisotopic (exact) mass is 358 g/mol. The summed E-state index contributed by atoms with van der Waals surface area (Å²) in [6.45, 7) is 8.65. The Morgan fingerprint density at radius 2 is 1.44 bits per heavy atom. The molecule has 0 amide bonds. The van der Waals surface area contributed by atoms with Crippen molar-refractivity contribution in [2.45, 2.75) is 97.5 Å². The minimum absolute atomic E-state index is 0.172. The van der Waals surface area contributed by atoms with Gasteiger partial charge in [0.1, 0.15) is 0 Å². The van der Waals surface area contributed by atoms with E-state index in [0.29, 0.717) is 6.61 Å². The Kier molecular flexibility index (Phi) is 12.6. The van der Waals surface area contributed by atoms with E-state index in [-0.39, 0.29) is 18.3 Å². The van der Waals surface area contributed by atoms with Crippen LogP contribution >= 0.6 is 0 Å². The fourth-order valence-corrected chi connectivity index (χ4v) is 3.24. The molecule has 0 saturated heterocycles. The zero-order valence-corrected chi connectivity index (χ0v) is 16.6. The van der Waals surface area contributed by atoms with Crippen LogP contribution in [0, 0.1) is 11.8 Å². The molecule has 0 rings (SSSR count). The molecule has 0 saturated carbocycles. The molecular weight excluding hydrogens is 320 g/mol. The fraction of sp³-hybridized carbons (Fsp3) is 0.900. The maximum Gasteiger partial charge on any atom is 0.336 e. The molecule has 0 aliphatic carbocycles. The number of unbranched alkanes of at least 4 members (excludes halogenated alkanes) is 2. The summed E-state index contributed by atoms with van der Waals surface area (Å²) < 4.78 is 5.88. The molecule has 0 heterocycles. The van der Waals surface area contributed by atoms with Gasteiger partial charge in [-0.15, -0.1) is 0 Å². The predicted molar refractivity (Wildman–Crippen MR) is 99.8 cm³/mol. The Balaban J connectivity index is 5.20. The Labute approximate surface area is 153 Å². The molecule has 0 spiro atoms. The van der Waals surface area contributed by atoms with Crippen molar-refractivity contribution < 1.29 is 24.5 Å². The van der Waals surface area contributed by atoms with Gasteiger partial charge in [-0.2, -0.15) is 0 Å². The molecule has 0 aliphatic rings. The summed E-state index contributed by atoms with van der Waals surface area (Å²) in [6.07, 6.45) is 7.69. The molecule has 0 radical (unpaired) electrons. The van der Waals surface area contributed by atoms with E-state index in [0.717, 1.165) is 51.4 Å². The molecule has 3 atom stereocenters. The summed E-state index contributed by atoms with van der Waals surface area (Å²) >= 11 is 0. The molecular formula is C20H38O5. The third kappa shape index (κ3) is 9.24. The topological polar surface area (TPSA) is 83.8 Å². The largest absolute Gasteiger partial charge is 0.481 e. The highest BCUT2D eigenvalue weighted by molar-refractivity contribution is 5.84. The van der Waals surface area contributed by atoms with Crippen molar-refractivity contribution in [1.29, 1.82) is 0 Å². The maximum atomic E-state index is 12.0. The van der Waals surface area contributed by atoms with Crippen molar-refractivity contribution in [2.75, 3.05) is 6.61 Å². The van der Waals surface area contributed by atoms with Crippen LogP contribution in [0.3, 0.4) is 0 Å². The van der Waals surface area contributed by atoms with Gasteiger partial charge in [0.2, 0.25) is 0 Å². The molecule has 0 aromatic heterocycles. The number of hydrogen-bond donors (Lipinski definition) is 2. The van der Waals surface area contributed by atoms with E-state index in [1.54, 1.807) is 0 Å². The molecule has 0 aromatic carbocycles. The van der Waals surface area contributed by atoms with Crippen LogP contribution in [0.5, 0.6) is 0 Å². The van der Waals surface area contributed by atoms with E-state index < -0.39 is 24.0 Å². The number of carboxylic acids is 2. The number of rotatable bonds is 16. The van der Waals surface area contributed by atoms with Crippen molar-refractivity contribution >= 4 is 11.9 Å². The molecule has 5 nitrogen and oxygen atoms in total. The van der Waals surface area contributed by atoms with Gasteiger partial charge in [0.05, 0.1) is 13.0 Å². The van der Waals surface area contributed by atoms with Crippen LogP contribution in [-0.2, 0) is 14.3 Å². The zero-order valence-electron chi connectivity index (χ0n) is 16.6. The Hall–Kier alpha value is -1.10. The SMILES string of the molecule is CCCCC(CC)COC(CC(=O)O)(CC(CC)CCCC)C(=O)O. The second-order valence-corrected chi connectivity index (χ2v) is 7.22. The number of carbonyl (C=O) groups is 2. The lowest BCUT2D eigenvalue weighted by Crippen LogP contribution is -2.46. The average Bonchev–Trinajstić information content (AvgIpc) is 2.57. The quantitative estimate of drug-likeness (QED) is 0.400.